The van der Waals surface area contributed by atoms with Crippen LogP contribution < -0.4 is 10.6 Å². The van der Waals surface area contributed by atoms with Crippen LogP contribution in [0.5, 0.6) is 0 Å². The number of anilines is 2. The molecule has 0 spiro atoms. The van der Waals surface area contributed by atoms with E-state index in [9.17, 15) is 4.79 Å². The van der Waals surface area contributed by atoms with Gasteiger partial charge in [-0.05, 0) is 25.1 Å². The zero-order valence-corrected chi connectivity index (χ0v) is 11.9. The average molecular weight is 321 g/mol. The van der Waals surface area contributed by atoms with Crippen molar-refractivity contribution < 1.29 is 4.79 Å². The Morgan fingerprint density at radius 1 is 1.37 bits per heavy atom. The van der Waals surface area contributed by atoms with Gasteiger partial charge in [-0.1, -0.05) is 22.0 Å². The van der Waals surface area contributed by atoms with Crippen molar-refractivity contribution in [2.75, 3.05) is 17.2 Å². The summed E-state index contributed by atoms with van der Waals surface area (Å²) < 4.78 is 0.901. The molecule has 2 rings (SSSR count). The molecule has 0 saturated heterocycles. The minimum atomic E-state index is -0.287. The van der Waals surface area contributed by atoms with E-state index in [-0.39, 0.29) is 11.6 Å². The molecule has 0 atom stereocenters. The fourth-order valence-electron chi connectivity index (χ4n) is 1.50. The maximum atomic E-state index is 12.0. The van der Waals surface area contributed by atoms with Gasteiger partial charge >= 0.3 is 0 Å². The highest BCUT2D eigenvalue weighted by Crippen LogP contribution is 2.16. The van der Waals surface area contributed by atoms with Gasteiger partial charge in [0.1, 0.15) is 11.5 Å². The fraction of sp³-hybridized carbons (Fsp3) is 0.154. The number of benzene rings is 1. The third-order valence-electron chi connectivity index (χ3n) is 2.31. The number of halogens is 1. The van der Waals surface area contributed by atoms with E-state index in [1.165, 1.54) is 6.20 Å². The van der Waals surface area contributed by atoms with E-state index in [1.807, 2.05) is 31.2 Å². The van der Waals surface area contributed by atoms with E-state index < -0.39 is 0 Å². The number of carbonyl (C=O) groups is 1. The molecule has 1 heterocycles. The Morgan fingerprint density at radius 3 is 2.95 bits per heavy atom. The lowest BCUT2D eigenvalue weighted by Gasteiger charge is -2.06. The van der Waals surface area contributed by atoms with E-state index >= 15 is 0 Å². The molecule has 1 aromatic carbocycles. The van der Waals surface area contributed by atoms with Crippen LogP contribution in [0.1, 0.15) is 17.4 Å². The number of aromatic nitrogens is 2. The van der Waals surface area contributed by atoms with Crippen molar-refractivity contribution in [3.05, 3.63) is 46.8 Å². The minimum absolute atomic E-state index is 0.276. The van der Waals surface area contributed by atoms with E-state index in [4.69, 9.17) is 0 Å². The van der Waals surface area contributed by atoms with Crippen molar-refractivity contribution in [3.63, 3.8) is 0 Å². The van der Waals surface area contributed by atoms with Crippen LogP contribution in [0.4, 0.5) is 11.5 Å². The Hall–Kier alpha value is -1.95. The van der Waals surface area contributed by atoms with E-state index in [0.29, 0.717) is 11.5 Å². The van der Waals surface area contributed by atoms with Crippen molar-refractivity contribution in [1.82, 2.24) is 9.97 Å². The topological polar surface area (TPSA) is 66.9 Å². The molecule has 2 aromatic rings. The second-order valence-corrected chi connectivity index (χ2v) is 4.70. The maximum Gasteiger partial charge on any atom is 0.275 e. The number of rotatable bonds is 4. The molecule has 0 fully saturated rings. The van der Waals surface area contributed by atoms with E-state index in [2.05, 4.69) is 36.5 Å². The first-order valence-electron chi connectivity index (χ1n) is 5.82. The second-order valence-electron chi connectivity index (χ2n) is 3.78. The molecule has 0 aliphatic carbocycles. The van der Waals surface area contributed by atoms with Gasteiger partial charge in [-0.3, -0.25) is 9.78 Å². The summed E-state index contributed by atoms with van der Waals surface area (Å²) in [5.41, 5.74) is 0.980. The van der Waals surface area contributed by atoms with Crippen LogP contribution in [0.25, 0.3) is 0 Å². The molecule has 6 heteroatoms. The van der Waals surface area contributed by atoms with Gasteiger partial charge in [0.2, 0.25) is 0 Å². The Balaban J connectivity index is 2.13. The van der Waals surface area contributed by atoms with Gasteiger partial charge in [-0.15, -0.1) is 0 Å². The molecular weight excluding hydrogens is 308 g/mol. The van der Waals surface area contributed by atoms with Gasteiger partial charge in [0.25, 0.3) is 5.91 Å². The number of amides is 1. The van der Waals surface area contributed by atoms with Crippen LogP contribution in [0.3, 0.4) is 0 Å². The van der Waals surface area contributed by atoms with Gasteiger partial charge in [0.05, 0.1) is 12.4 Å². The molecule has 0 saturated carbocycles. The third-order valence-corrected chi connectivity index (χ3v) is 2.80. The van der Waals surface area contributed by atoms with Crippen molar-refractivity contribution >= 4 is 33.3 Å². The average Bonchev–Trinajstić information content (AvgIpc) is 2.39. The quantitative estimate of drug-likeness (QED) is 0.909. The standard InChI is InChI=1S/C13H13BrN4O/c1-2-16-12-8-15-7-11(18-12)13(19)17-10-5-3-4-9(14)6-10/h3-8H,2H2,1H3,(H,16,18)(H,17,19). The van der Waals surface area contributed by atoms with Crippen LogP contribution in [0.15, 0.2) is 41.1 Å². The summed E-state index contributed by atoms with van der Waals surface area (Å²) in [6, 6.07) is 7.37. The lowest BCUT2D eigenvalue weighted by Crippen LogP contribution is -2.15. The molecule has 0 aliphatic rings. The van der Waals surface area contributed by atoms with E-state index in [1.54, 1.807) is 6.20 Å². The van der Waals surface area contributed by atoms with E-state index in [0.717, 1.165) is 11.0 Å². The number of hydrogen-bond donors (Lipinski definition) is 2. The Labute approximate surface area is 119 Å². The normalized spacial score (nSPS) is 10.0. The van der Waals surface area contributed by atoms with Gasteiger partial charge in [0.15, 0.2) is 0 Å². The molecule has 1 aromatic heterocycles. The fourth-order valence-corrected chi connectivity index (χ4v) is 1.90. The van der Waals surface area contributed by atoms with Crippen LogP contribution in [-0.4, -0.2) is 22.4 Å². The summed E-state index contributed by atoms with van der Waals surface area (Å²) in [5.74, 6) is 0.301. The first-order chi connectivity index (χ1) is 9.19. The summed E-state index contributed by atoms with van der Waals surface area (Å²) in [6.07, 6.45) is 3.02. The number of hydrogen-bond acceptors (Lipinski definition) is 4. The zero-order chi connectivity index (χ0) is 13.7. The molecular formula is C13H13BrN4O. The molecule has 2 N–H and O–H groups in total. The first kappa shape index (κ1) is 13.5. The molecule has 5 nitrogen and oxygen atoms in total. The highest BCUT2D eigenvalue weighted by Gasteiger charge is 2.09. The number of nitrogens with one attached hydrogen (secondary N) is 2. The largest absolute Gasteiger partial charge is 0.369 e. The van der Waals surface area contributed by atoms with Crippen LogP contribution in [0, 0.1) is 0 Å². The first-order valence-corrected chi connectivity index (χ1v) is 6.61. The molecule has 19 heavy (non-hydrogen) atoms. The smallest absolute Gasteiger partial charge is 0.275 e. The van der Waals surface area contributed by atoms with Crippen molar-refractivity contribution in [2.45, 2.75) is 6.92 Å². The third kappa shape index (κ3) is 3.75. The predicted molar refractivity (Wildman–Crippen MR) is 78.3 cm³/mol. The summed E-state index contributed by atoms with van der Waals surface area (Å²) in [7, 11) is 0. The Kier molecular flexibility index (Phi) is 4.46. The molecule has 98 valence electrons. The predicted octanol–water partition coefficient (Wildman–Crippen LogP) is 2.92. The summed E-state index contributed by atoms with van der Waals surface area (Å²) >= 11 is 3.35. The van der Waals surface area contributed by atoms with Crippen LogP contribution >= 0.6 is 15.9 Å². The maximum absolute atomic E-state index is 12.0. The second kappa shape index (κ2) is 6.29. The number of nitrogens with zero attached hydrogens (tertiary/aromatic N) is 2. The SMILES string of the molecule is CCNc1cncc(C(=O)Nc2cccc(Br)c2)n1. The number of carbonyl (C=O) groups excluding carboxylic acids is 1. The lowest BCUT2D eigenvalue weighted by molar-refractivity contribution is 0.102. The molecule has 0 aliphatic heterocycles. The van der Waals surface area contributed by atoms with Crippen LogP contribution in [0.2, 0.25) is 0 Å². The van der Waals surface area contributed by atoms with Gasteiger partial charge in [-0.2, -0.15) is 0 Å². The van der Waals surface area contributed by atoms with Gasteiger partial charge < -0.3 is 10.6 Å². The monoisotopic (exact) mass is 320 g/mol. The minimum Gasteiger partial charge on any atom is -0.369 e. The molecule has 0 unspecified atom stereocenters. The highest BCUT2D eigenvalue weighted by atomic mass is 79.9. The Bertz CT molecular complexity index is 588. The molecule has 1 amide bonds. The summed E-state index contributed by atoms with van der Waals surface area (Å²) in [6.45, 7) is 2.68. The lowest BCUT2D eigenvalue weighted by atomic mass is 10.3. The van der Waals surface area contributed by atoms with Crippen molar-refractivity contribution in [3.8, 4) is 0 Å². The van der Waals surface area contributed by atoms with Crippen molar-refractivity contribution in [1.29, 1.82) is 0 Å². The highest BCUT2D eigenvalue weighted by molar-refractivity contribution is 9.10. The Morgan fingerprint density at radius 2 is 2.21 bits per heavy atom. The van der Waals surface area contributed by atoms with Gasteiger partial charge in [-0.25, -0.2) is 4.98 Å². The van der Waals surface area contributed by atoms with Crippen LogP contribution in [-0.2, 0) is 0 Å². The molecule has 0 bridgehead atoms. The summed E-state index contributed by atoms with van der Waals surface area (Å²) in [4.78, 5) is 20.2. The zero-order valence-electron chi connectivity index (χ0n) is 10.4. The molecule has 0 radical (unpaired) electrons. The van der Waals surface area contributed by atoms with Crippen molar-refractivity contribution in [2.24, 2.45) is 0 Å². The van der Waals surface area contributed by atoms with Gasteiger partial charge in [0, 0.05) is 16.7 Å². The summed E-state index contributed by atoms with van der Waals surface area (Å²) in [5, 5.41) is 5.78.